The van der Waals surface area contributed by atoms with E-state index in [4.69, 9.17) is 0 Å². The Bertz CT molecular complexity index is 1580. The van der Waals surface area contributed by atoms with E-state index in [9.17, 15) is 20.1 Å². The van der Waals surface area contributed by atoms with Gasteiger partial charge in [-0.1, -0.05) is 54.6 Å². The van der Waals surface area contributed by atoms with Crippen LogP contribution in [-0.4, -0.2) is 27.9 Å². The predicted octanol–water partition coefficient (Wildman–Crippen LogP) is 6.58. The number of aromatic hydroxyl groups is 3. The Balaban J connectivity index is 1.33. The topological polar surface area (TPSA) is 102 Å². The Morgan fingerprint density at radius 3 is 2.13 bits per heavy atom. The second-order valence-corrected chi connectivity index (χ2v) is 9.22. The molecule has 0 atom stereocenters. The van der Waals surface area contributed by atoms with Crippen molar-refractivity contribution in [3.05, 3.63) is 120 Å². The van der Waals surface area contributed by atoms with Crippen molar-refractivity contribution in [3.8, 4) is 28.4 Å². The van der Waals surface area contributed by atoms with Gasteiger partial charge in [0.15, 0.2) is 0 Å². The van der Waals surface area contributed by atoms with Crippen LogP contribution in [0.25, 0.3) is 21.9 Å². The Morgan fingerprint density at radius 2 is 1.37 bits per heavy atom. The molecule has 5 aromatic rings. The Labute approximate surface area is 220 Å². The monoisotopic (exact) mass is 504 g/mol. The zero-order valence-corrected chi connectivity index (χ0v) is 20.7. The minimum atomic E-state index is -0.301. The summed E-state index contributed by atoms with van der Waals surface area (Å²) in [6, 6.07) is 31.0. The second kappa shape index (κ2) is 11.0. The number of hydrogen-bond acceptors (Lipinski definition) is 4. The Hall–Kier alpha value is -4.97. The highest BCUT2D eigenvalue weighted by molar-refractivity contribution is 5.93. The van der Waals surface area contributed by atoms with Crippen LogP contribution in [0.3, 0.4) is 0 Å². The highest BCUT2D eigenvalue weighted by atomic mass is 16.3. The first-order chi connectivity index (χ1) is 18.4. The average molecular weight is 505 g/mol. The lowest BCUT2D eigenvalue weighted by atomic mass is 9.89. The number of carbonyl (C=O) groups is 1. The van der Waals surface area contributed by atoms with Gasteiger partial charge < -0.3 is 26.0 Å². The normalized spacial score (nSPS) is 10.8. The van der Waals surface area contributed by atoms with E-state index in [2.05, 4.69) is 28.8 Å². The van der Waals surface area contributed by atoms with Crippen LogP contribution in [0.15, 0.2) is 103 Å². The van der Waals surface area contributed by atoms with Crippen molar-refractivity contribution in [3.63, 3.8) is 0 Å². The van der Waals surface area contributed by atoms with E-state index in [0.717, 1.165) is 38.6 Å². The molecule has 5 rings (SSSR count). The molecule has 0 heterocycles. The smallest absolute Gasteiger partial charge is 0.319 e. The molecule has 0 saturated carbocycles. The molecule has 0 aliphatic heterocycles. The molecule has 0 spiro atoms. The molecule has 0 radical (unpaired) electrons. The van der Waals surface area contributed by atoms with E-state index in [0.29, 0.717) is 25.1 Å². The lowest BCUT2D eigenvalue weighted by Gasteiger charge is -2.15. The minimum absolute atomic E-state index is 0.146. The number of phenols is 3. The van der Waals surface area contributed by atoms with E-state index in [1.165, 1.54) is 12.1 Å². The maximum Gasteiger partial charge on any atom is 0.319 e. The molecule has 0 fully saturated rings. The van der Waals surface area contributed by atoms with Crippen LogP contribution in [0.4, 0.5) is 10.5 Å². The van der Waals surface area contributed by atoms with Gasteiger partial charge in [0.2, 0.25) is 0 Å². The molecule has 190 valence electrons. The van der Waals surface area contributed by atoms with Crippen LogP contribution in [0.2, 0.25) is 0 Å². The number of benzene rings is 5. The number of rotatable bonds is 7. The summed E-state index contributed by atoms with van der Waals surface area (Å²) in [4.78, 5) is 12.2. The molecular weight excluding hydrogens is 476 g/mol. The van der Waals surface area contributed by atoms with Crippen LogP contribution in [0.5, 0.6) is 17.2 Å². The van der Waals surface area contributed by atoms with Gasteiger partial charge in [0, 0.05) is 12.2 Å². The Morgan fingerprint density at radius 1 is 0.684 bits per heavy atom. The summed E-state index contributed by atoms with van der Waals surface area (Å²) in [5.74, 6) is 0.594. The third-order valence-electron chi connectivity index (χ3n) is 6.49. The Kier molecular flexibility index (Phi) is 7.13. The molecule has 0 aromatic heterocycles. The van der Waals surface area contributed by atoms with Gasteiger partial charge in [-0.25, -0.2) is 4.79 Å². The summed E-state index contributed by atoms with van der Waals surface area (Å²) in [5, 5.41) is 36.8. The van der Waals surface area contributed by atoms with E-state index in [1.807, 2.05) is 36.4 Å². The van der Waals surface area contributed by atoms with E-state index >= 15 is 0 Å². The number of fused-ring (bicyclic) bond motifs is 1. The first-order valence-corrected chi connectivity index (χ1v) is 12.4. The summed E-state index contributed by atoms with van der Waals surface area (Å²) in [5.41, 5.74) is 6.06. The standard InChI is InChI=1S/C32H28N2O4/c35-26-9-4-23(5-10-26)29-14-6-24-20-28(37)13-15-30(24)31(29)19-22-3-1-2-21(18-22)16-17-33-32(38)34-25-7-11-27(36)12-8-25/h1-15,18,20,35-37H,16-17,19H2,(H2,33,34,38). The number of nitrogens with one attached hydrogen (secondary N) is 2. The lowest BCUT2D eigenvalue weighted by molar-refractivity contribution is 0.252. The summed E-state index contributed by atoms with van der Waals surface area (Å²) < 4.78 is 0. The first-order valence-electron chi connectivity index (χ1n) is 12.4. The van der Waals surface area contributed by atoms with Gasteiger partial charge in [-0.15, -0.1) is 0 Å². The predicted molar refractivity (Wildman–Crippen MR) is 151 cm³/mol. The van der Waals surface area contributed by atoms with Gasteiger partial charge in [-0.2, -0.15) is 0 Å². The quantitative estimate of drug-likeness (QED) is 0.162. The van der Waals surface area contributed by atoms with Gasteiger partial charge in [0.25, 0.3) is 0 Å². The van der Waals surface area contributed by atoms with Gasteiger partial charge in [0.05, 0.1) is 0 Å². The van der Waals surface area contributed by atoms with Crippen molar-refractivity contribution in [2.45, 2.75) is 12.8 Å². The average Bonchev–Trinajstić information content (AvgIpc) is 2.91. The molecule has 0 unspecified atom stereocenters. The molecule has 6 heteroatoms. The molecule has 5 N–H and O–H groups in total. The van der Waals surface area contributed by atoms with E-state index in [-0.39, 0.29) is 23.3 Å². The summed E-state index contributed by atoms with van der Waals surface area (Å²) in [6.45, 7) is 0.472. The van der Waals surface area contributed by atoms with Crippen LogP contribution >= 0.6 is 0 Å². The maximum atomic E-state index is 12.2. The third kappa shape index (κ3) is 5.87. The number of hydrogen-bond donors (Lipinski definition) is 5. The van der Waals surface area contributed by atoms with Gasteiger partial charge in [0.1, 0.15) is 17.2 Å². The SMILES string of the molecule is O=C(NCCc1cccc(Cc2c(-c3ccc(O)cc3)ccc3cc(O)ccc23)c1)Nc1ccc(O)cc1. The number of amides is 2. The van der Waals surface area contributed by atoms with Crippen molar-refractivity contribution in [2.24, 2.45) is 0 Å². The van der Waals surface area contributed by atoms with Crippen LogP contribution in [0, 0.1) is 0 Å². The molecule has 0 aliphatic rings. The number of phenolic OH excluding ortho intramolecular Hbond substituents is 3. The van der Waals surface area contributed by atoms with Gasteiger partial charge >= 0.3 is 6.03 Å². The first kappa shape index (κ1) is 24.7. The zero-order chi connectivity index (χ0) is 26.5. The maximum absolute atomic E-state index is 12.2. The van der Waals surface area contributed by atoms with E-state index in [1.54, 1.807) is 36.4 Å². The number of urea groups is 1. The number of carbonyl (C=O) groups excluding carboxylic acids is 1. The largest absolute Gasteiger partial charge is 0.508 e. The second-order valence-electron chi connectivity index (χ2n) is 9.22. The molecule has 0 bridgehead atoms. The molecule has 0 aliphatic carbocycles. The summed E-state index contributed by atoms with van der Waals surface area (Å²) in [6.07, 6.45) is 1.35. The molecule has 38 heavy (non-hydrogen) atoms. The van der Waals surface area contributed by atoms with Crippen molar-refractivity contribution in [2.75, 3.05) is 11.9 Å². The molecule has 6 nitrogen and oxygen atoms in total. The fourth-order valence-electron chi connectivity index (χ4n) is 4.62. The zero-order valence-electron chi connectivity index (χ0n) is 20.7. The van der Waals surface area contributed by atoms with Crippen molar-refractivity contribution in [1.82, 2.24) is 5.32 Å². The highest BCUT2D eigenvalue weighted by Crippen LogP contribution is 2.34. The minimum Gasteiger partial charge on any atom is -0.508 e. The van der Waals surface area contributed by atoms with Gasteiger partial charge in [-0.3, -0.25) is 0 Å². The van der Waals surface area contributed by atoms with Crippen molar-refractivity contribution < 1.29 is 20.1 Å². The molecule has 2 amide bonds. The third-order valence-corrected chi connectivity index (χ3v) is 6.49. The number of anilines is 1. The highest BCUT2D eigenvalue weighted by Gasteiger charge is 2.12. The molecule has 5 aromatic carbocycles. The van der Waals surface area contributed by atoms with Crippen LogP contribution in [-0.2, 0) is 12.8 Å². The summed E-state index contributed by atoms with van der Waals surface area (Å²) >= 11 is 0. The van der Waals surface area contributed by atoms with Crippen LogP contribution in [0.1, 0.15) is 16.7 Å². The van der Waals surface area contributed by atoms with Crippen molar-refractivity contribution >= 4 is 22.5 Å². The van der Waals surface area contributed by atoms with Crippen LogP contribution < -0.4 is 10.6 Å². The summed E-state index contributed by atoms with van der Waals surface area (Å²) in [7, 11) is 0. The molecule has 0 saturated heterocycles. The fourth-order valence-corrected chi connectivity index (χ4v) is 4.62. The lowest BCUT2D eigenvalue weighted by Crippen LogP contribution is -2.30. The fraction of sp³-hybridized carbons (Fsp3) is 0.0938. The molecular formula is C32H28N2O4. The van der Waals surface area contributed by atoms with Gasteiger partial charge in [-0.05, 0) is 100.0 Å². The van der Waals surface area contributed by atoms with Crippen molar-refractivity contribution in [1.29, 1.82) is 0 Å². The van der Waals surface area contributed by atoms with E-state index < -0.39 is 0 Å².